The fourth-order valence-corrected chi connectivity index (χ4v) is 1.38. The molecular formula is C12H16N4O2. The average molecular weight is 248 g/mol. The number of nitrogens with one attached hydrogen (secondary N) is 2. The summed E-state index contributed by atoms with van der Waals surface area (Å²) in [5, 5.41) is 9.13. The Morgan fingerprint density at radius 2 is 1.83 bits per heavy atom. The molecule has 1 heterocycles. The van der Waals surface area contributed by atoms with Gasteiger partial charge in [-0.2, -0.15) is 5.10 Å². The van der Waals surface area contributed by atoms with Crippen molar-refractivity contribution < 1.29 is 9.59 Å². The maximum atomic E-state index is 11.9. The highest BCUT2D eigenvalue weighted by Gasteiger charge is 2.21. The van der Waals surface area contributed by atoms with Crippen molar-refractivity contribution in [3.8, 4) is 0 Å². The van der Waals surface area contributed by atoms with Gasteiger partial charge in [0.1, 0.15) is 5.69 Å². The molecule has 2 amide bonds. The molecule has 1 aromatic rings. The zero-order valence-electron chi connectivity index (χ0n) is 10.3. The van der Waals surface area contributed by atoms with Gasteiger partial charge in [0.2, 0.25) is 0 Å². The van der Waals surface area contributed by atoms with Crippen molar-refractivity contribution in [2.45, 2.75) is 0 Å². The van der Waals surface area contributed by atoms with E-state index in [9.17, 15) is 9.59 Å². The number of hydrogen-bond acceptors (Lipinski definition) is 3. The van der Waals surface area contributed by atoms with Crippen LogP contribution in [0, 0.1) is 0 Å². The van der Waals surface area contributed by atoms with Crippen LogP contribution in [0.4, 0.5) is 0 Å². The van der Waals surface area contributed by atoms with Gasteiger partial charge in [-0.25, -0.2) is 0 Å². The molecule has 0 aliphatic rings. The van der Waals surface area contributed by atoms with Crippen molar-refractivity contribution in [1.82, 2.24) is 20.4 Å². The zero-order chi connectivity index (χ0) is 13.5. The third-order valence-corrected chi connectivity index (χ3v) is 2.21. The van der Waals surface area contributed by atoms with Gasteiger partial charge >= 0.3 is 0 Å². The van der Waals surface area contributed by atoms with Gasteiger partial charge in [-0.1, -0.05) is 12.2 Å². The molecule has 96 valence electrons. The quantitative estimate of drug-likeness (QED) is 0.709. The topological polar surface area (TPSA) is 76.0 Å². The normalized spacial score (nSPS) is 9.61. The van der Waals surface area contributed by atoms with E-state index in [4.69, 9.17) is 0 Å². The number of carbonyl (C=O) groups excluding carboxylic acids is 2. The molecule has 0 radical (unpaired) electrons. The Balaban J connectivity index is 2.93. The van der Waals surface area contributed by atoms with Crippen LogP contribution < -0.4 is 10.6 Å². The van der Waals surface area contributed by atoms with Gasteiger partial charge in [0.15, 0.2) is 0 Å². The minimum atomic E-state index is -0.362. The van der Waals surface area contributed by atoms with Gasteiger partial charge in [0.25, 0.3) is 11.8 Å². The molecule has 6 nitrogen and oxygen atoms in total. The van der Waals surface area contributed by atoms with Crippen LogP contribution >= 0.6 is 0 Å². The Labute approximate surface area is 105 Å². The van der Waals surface area contributed by atoms with E-state index in [2.05, 4.69) is 28.9 Å². The van der Waals surface area contributed by atoms with E-state index >= 15 is 0 Å². The van der Waals surface area contributed by atoms with Crippen molar-refractivity contribution in [3.05, 3.63) is 42.8 Å². The monoisotopic (exact) mass is 248 g/mol. The predicted octanol–water partition coefficient (Wildman–Crippen LogP) is 0.252. The van der Waals surface area contributed by atoms with Gasteiger partial charge in [-0.15, -0.1) is 13.2 Å². The summed E-state index contributed by atoms with van der Waals surface area (Å²) in [6, 6.07) is 0. The van der Waals surface area contributed by atoms with E-state index in [-0.39, 0.29) is 23.1 Å². The molecule has 1 aromatic heterocycles. The first-order valence-electron chi connectivity index (χ1n) is 5.42. The summed E-state index contributed by atoms with van der Waals surface area (Å²) in [6.07, 6.45) is 4.48. The number of nitrogens with zero attached hydrogens (tertiary/aromatic N) is 2. The number of aryl methyl sites for hydroxylation is 1. The fraction of sp³-hybridized carbons (Fsp3) is 0.250. The summed E-state index contributed by atoms with van der Waals surface area (Å²) in [6.45, 7) is 7.68. The molecule has 0 aliphatic carbocycles. The molecular weight excluding hydrogens is 232 g/mol. The van der Waals surface area contributed by atoms with Gasteiger partial charge in [0.05, 0.1) is 11.8 Å². The maximum absolute atomic E-state index is 11.9. The second-order valence-corrected chi connectivity index (χ2v) is 3.53. The van der Waals surface area contributed by atoms with Crippen LogP contribution in [0.25, 0.3) is 0 Å². The van der Waals surface area contributed by atoms with Crippen molar-refractivity contribution >= 4 is 11.8 Å². The average Bonchev–Trinajstić information content (AvgIpc) is 2.75. The second-order valence-electron chi connectivity index (χ2n) is 3.53. The Morgan fingerprint density at radius 1 is 1.28 bits per heavy atom. The van der Waals surface area contributed by atoms with Crippen LogP contribution in [0.5, 0.6) is 0 Å². The molecule has 1 rings (SSSR count). The van der Waals surface area contributed by atoms with Crippen molar-refractivity contribution in [2.75, 3.05) is 13.1 Å². The molecule has 18 heavy (non-hydrogen) atoms. The molecule has 6 heteroatoms. The lowest BCUT2D eigenvalue weighted by Crippen LogP contribution is -2.30. The number of hydrogen-bond donors (Lipinski definition) is 2. The molecule has 2 N–H and O–H groups in total. The maximum Gasteiger partial charge on any atom is 0.270 e. The standard InChI is InChI=1S/C12H16N4O2/c1-4-6-13-11(17)9-8-15-16(3)10(9)12(18)14-7-5-2/h4-5,8H,1-2,6-7H2,3H3,(H,13,17)(H,14,18). The lowest BCUT2D eigenvalue weighted by Gasteiger charge is -2.06. The summed E-state index contributed by atoms with van der Waals surface area (Å²) in [5.41, 5.74) is 0.458. The van der Waals surface area contributed by atoms with E-state index in [1.807, 2.05) is 0 Å². The molecule has 0 saturated heterocycles. The first kappa shape index (κ1) is 13.7. The Hall–Kier alpha value is -2.37. The molecule has 0 fully saturated rings. The van der Waals surface area contributed by atoms with E-state index in [1.165, 1.54) is 10.9 Å². The van der Waals surface area contributed by atoms with Gasteiger partial charge < -0.3 is 10.6 Å². The summed E-state index contributed by atoms with van der Waals surface area (Å²) in [7, 11) is 1.60. The molecule has 0 aromatic carbocycles. The lowest BCUT2D eigenvalue weighted by molar-refractivity contribution is 0.0918. The number of carbonyl (C=O) groups is 2. The largest absolute Gasteiger partial charge is 0.348 e. The fourth-order valence-electron chi connectivity index (χ4n) is 1.38. The van der Waals surface area contributed by atoms with Crippen molar-refractivity contribution in [3.63, 3.8) is 0 Å². The van der Waals surface area contributed by atoms with Gasteiger partial charge in [0, 0.05) is 20.1 Å². The van der Waals surface area contributed by atoms with Gasteiger partial charge in [-0.05, 0) is 0 Å². The molecule has 0 saturated carbocycles. The smallest absolute Gasteiger partial charge is 0.270 e. The molecule has 0 spiro atoms. The summed E-state index contributed by atoms with van der Waals surface area (Å²) >= 11 is 0. The summed E-state index contributed by atoms with van der Waals surface area (Å²) in [5.74, 6) is -0.717. The number of rotatable bonds is 6. The van der Waals surface area contributed by atoms with Crippen LogP contribution in [0.3, 0.4) is 0 Å². The highest BCUT2D eigenvalue weighted by atomic mass is 16.2. The van der Waals surface area contributed by atoms with Crippen LogP contribution in [0.2, 0.25) is 0 Å². The highest BCUT2D eigenvalue weighted by molar-refractivity contribution is 6.06. The van der Waals surface area contributed by atoms with Crippen LogP contribution in [0.1, 0.15) is 20.8 Å². The Morgan fingerprint density at radius 3 is 2.39 bits per heavy atom. The molecule has 0 unspecified atom stereocenters. The van der Waals surface area contributed by atoms with E-state index < -0.39 is 0 Å². The van der Waals surface area contributed by atoms with Crippen LogP contribution in [-0.2, 0) is 7.05 Å². The highest BCUT2D eigenvalue weighted by Crippen LogP contribution is 2.07. The number of aromatic nitrogens is 2. The number of amides is 2. The summed E-state index contributed by atoms with van der Waals surface area (Å²) < 4.78 is 1.36. The first-order chi connectivity index (χ1) is 8.61. The van der Waals surface area contributed by atoms with E-state index in [0.29, 0.717) is 13.1 Å². The first-order valence-corrected chi connectivity index (χ1v) is 5.42. The SMILES string of the molecule is C=CCNC(=O)c1cnn(C)c1C(=O)NCC=C. The minimum Gasteiger partial charge on any atom is -0.348 e. The molecule has 0 atom stereocenters. The van der Waals surface area contributed by atoms with Crippen LogP contribution in [0.15, 0.2) is 31.5 Å². The van der Waals surface area contributed by atoms with E-state index in [1.54, 1.807) is 19.2 Å². The predicted molar refractivity (Wildman–Crippen MR) is 68.3 cm³/mol. The second kappa shape index (κ2) is 6.39. The lowest BCUT2D eigenvalue weighted by atomic mass is 10.2. The Bertz CT molecular complexity index is 476. The third-order valence-electron chi connectivity index (χ3n) is 2.21. The summed E-state index contributed by atoms with van der Waals surface area (Å²) in [4.78, 5) is 23.7. The van der Waals surface area contributed by atoms with Crippen LogP contribution in [-0.4, -0.2) is 34.7 Å². The van der Waals surface area contributed by atoms with Gasteiger partial charge in [-0.3, -0.25) is 14.3 Å². The van der Waals surface area contributed by atoms with E-state index in [0.717, 1.165) is 0 Å². The van der Waals surface area contributed by atoms with Crippen molar-refractivity contribution in [2.24, 2.45) is 7.05 Å². The minimum absolute atomic E-state index is 0.221. The molecule has 0 aliphatic heterocycles. The third kappa shape index (κ3) is 3.07. The van der Waals surface area contributed by atoms with Crippen molar-refractivity contribution in [1.29, 1.82) is 0 Å². The molecule has 0 bridgehead atoms. The zero-order valence-corrected chi connectivity index (χ0v) is 10.3. The Kier molecular flexibility index (Phi) is 4.86.